The summed E-state index contributed by atoms with van der Waals surface area (Å²) in [6, 6.07) is 7.43. The summed E-state index contributed by atoms with van der Waals surface area (Å²) in [5, 5.41) is 19.8. The monoisotopic (exact) mass is 395 g/mol. The van der Waals surface area contributed by atoms with Gasteiger partial charge in [0.2, 0.25) is 0 Å². The molecule has 0 amide bonds. The molecule has 0 saturated heterocycles. The van der Waals surface area contributed by atoms with Gasteiger partial charge in [0, 0.05) is 23.7 Å². The molecule has 4 nitrogen and oxygen atoms in total. The second kappa shape index (κ2) is 20.5. The first-order valence-corrected chi connectivity index (χ1v) is 10.2. The molecule has 154 valence electrons. The smallest absolute Gasteiger partial charge is 0.120 e. The van der Waals surface area contributed by atoms with Gasteiger partial charge in [-0.25, -0.2) is 0 Å². The van der Waals surface area contributed by atoms with E-state index in [-0.39, 0.29) is 0 Å². The largest absolute Gasteiger partial charge is 0.508 e. The quantitative estimate of drug-likeness (QED) is 0.235. The van der Waals surface area contributed by atoms with E-state index in [1.807, 2.05) is 57.1 Å². The number of phenols is 1. The average molecular weight is 396 g/mol. The molecule has 1 rings (SSSR count). The zero-order chi connectivity index (χ0) is 20.9. The Balaban J connectivity index is 0. The van der Waals surface area contributed by atoms with Gasteiger partial charge in [0.05, 0.1) is 13.1 Å². The van der Waals surface area contributed by atoms with Crippen LogP contribution in [0.5, 0.6) is 5.75 Å². The summed E-state index contributed by atoms with van der Waals surface area (Å²) < 4.78 is 0. The van der Waals surface area contributed by atoms with Crippen molar-refractivity contribution in [1.29, 1.82) is 0 Å². The normalized spacial score (nSPS) is 10.5. The first-order chi connectivity index (χ1) is 13.1. The lowest BCUT2D eigenvalue weighted by Gasteiger charge is -2.20. The van der Waals surface area contributed by atoms with Crippen LogP contribution in [-0.2, 0) is 6.54 Å². The molecule has 27 heavy (non-hydrogen) atoms. The second-order valence-electron chi connectivity index (χ2n) is 5.36. The third-order valence-electron chi connectivity index (χ3n) is 3.36. The van der Waals surface area contributed by atoms with Crippen molar-refractivity contribution in [2.75, 3.05) is 26.0 Å². The van der Waals surface area contributed by atoms with Crippen LogP contribution in [0.3, 0.4) is 0 Å². The predicted molar refractivity (Wildman–Crippen MR) is 122 cm³/mol. The van der Waals surface area contributed by atoms with Crippen LogP contribution < -0.4 is 5.32 Å². The highest BCUT2D eigenvalue weighted by Gasteiger charge is 2.07. The van der Waals surface area contributed by atoms with Crippen LogP contribution >= 0.6 is 11.6 Å². The van der Waals surface area contributed by atoms with E-state index in [1.54, 1.807) is 12.1 Å². The Bertz CT molecular complexity index is 530. The number of nitrogens with one attached hydrogen (secondary N) is 1. The second-order valence-corrected chi connectivity index (χ2v) is 5.67. The first-order valence-electron chi connectivity index (χ1n) is 9.63. The van der Waals surface area contributed by atoms with Gasteiger partial charge in [-0.05, 0) is 32.9 Å². The van der Waals surface area contributed by atoms with Gasteiger partial charge in [-0.3, -0.25) is 5.01 Å². The Hall–Kier alpha value is -1.78. The summed E-state index contributed by atoms with van der Waals surface area (Å²) in [7, 11) is 1.95. The van der Waals surface area contributed by atoms with Crippen LogP contribution in [0.1, 0.15) is 46.1 Å². The number of nitrogens with zero attached hydrogens (tertiary/aromatic N) is 2. The van der Waals surface area contributed by atoms with Gasteiger partial charge in [0.15, 0.2) is 0 Å². The van der Waals surface area contributed by atoms with E-state index in [9.17, 15) is 5.11 Å². The zero-order valence-corrected chi connectivity index (χ0v) is 18.5. The van der Waals surface area contributed by atoms with Gasteiger partial charge in [-0.1, -0.05) is 57.2 Å². The summed E-state index contributed by atoms with van der Waals surface area (Å²) in [5.74, 6) is 0.881. The molecule has 0 aliphatic heterocycles. The molecule has 2 N–H and O–H groups in total. The summed E-state index contributed by atoms with van der Waals surface area (Å²) >= 11 is 5.07. The number of halogens is 1. The molecule has 5 heteroatoms. The average Bonchev–Trinajstić information content (AvgIpc) is 2.72. The fourth-order valence-electron chi connectivity index (χ4n) is 1.98. The number of hydrogen-bond acceptors (Lipinski definition) is 4. The lowest BCUT2D eigenvalue weighted by atomic mass is 10.2. The van der Waals surface area contributed by atoms with Crippen LogP contribution in [0.25, 0.3) is 0 Å². The summed E-state index contributed by atoms with van der Waals surface area (Å²) in [4.78, 5) is 0. The summed E-state index contributed by atoms with van der Waals surface area (Å²) in [6.07, 6.45) is 7.62. The maximum absolute atomic E-state index is 9.91. The molecule has 0 heterocycles. The molecule has 0 aromatic heterocycles. The molecule has 0 spiro atoms. The lowest BCUT2D eigenvalue weighted by Crippen LogP contribution is -2.21. The van der Waals surface area contributed by atoms with Gasteiger partial charge in [-0.2, -0.15) is 5.10 Å². The molecule has 0 aliphatic carbocycles. The van der Waals surface area contributed by atoms with Crippen molar-refractivity contribution < 1.29 is 5.11 Å². The number of aromatic hydroxyl groups is 1. The number of rotatable bonds is 10. The maximum Gasteiger partial charge on any atom is 0.120 e. The van der Waals surface area contributed by atoms with Crippen molar-refractivity contribution in [2.45, 2.75) is 47.1 Å². The van der Waals surface area contributed by atoms with Gasteiger partial charge < -0.3 is 10.4 Å². The van der Waals surface area contributed by atoms with E-state index in [1.165, 1.54) is 5.71 Å². The molecule has 0 fully saturated rings. The summed E-state index contributed by atoms with van der Waals surface area (Å²) in [5.41, 5.74) is 2.07. The molecule has 0 unspecified atom stereocenters. The van der Waals surface area contributed by atoms with E-state index in [0.29, 0.717) is 18.2 Å². The highest BCUT2D eigenvalue weighted by Crippen LogP contribution is 2.18. The fraction of sp³-hybridized carbons (Fsp3) is 0.500. The SMILES string of the molecule is C/C=C/CN(Cc1ccccc1O)/N=C(\CC)CCNC.C=CCCl.CC. The van der Waals surface area contributed by atoms with Crippen molar-refractivity contribution in [1.82, 2.24) is 10.3 Å². The van der Waals surface area contributed by atoms with E-state index in [0.717, 1.165) is 31.5 Å². The van der Waals surface area contributed by atoms with Gasteiger partial charge in [0.1, 0.15) is 5.75 Å². The minimum absolute atomic E-state index is 0.325. The third-order valence-corrected chi connectivity index (χ3v) is 3.58. The third kappa shape index (κ3) is 15.0. The maximum atomic E-state index is 9.91. The highest BCUT2D eigenvalue weighted by atomic mass is 35.5. The van der Waals surface area contributed by atoms with Gasteiger partial charge in [-0.15, -0.1) is 18.2 Å². The molecule has 0 aliphatic rings. The van der Waals surface area contributed by atoms with Crippen LogP contribution in [0.2, 0.25) is 0 Å². The molecule has 0 atom stereocenters. The van der Waals surface area contributed by atoms with Crippen LogP contribution in [0.4, 0.5) is 0 Å². The number of para-hydroxylation sites is 1. The van der Waals surface area contributed by atoms with E-state index in [2.05, 4.69) is 24.9 Å². The highest BCUT2D eigenvalue weighted by molar-refractivity contribution is 6.18. The number of hydrazone groups is 1. The van der Waals surface area contributed by atoms with Crippen molar-refractivity contribution in [3.8, 4) is 5.75 Å². The molecule has 0 saturated carbocycles. The van der Waals surface area contributed by atoms with Crippen LogP contribution in [0, 0.1) is 0 Å². The van der Waals surface area contributed by atoms with Crippen LogP contribution in [0.15, 0.2) is 54.2 Å². The zero-order valence-electron chi connectivity index (χ0n) is 17.7. The van der Waals surface area contributed by atoms with Crippen molar-refractivity contribution in [3.63, 3.8) is 0 Å². The topological polar surface area (TPSA) is 47.9 Å². The number of benzene rings is 1. The summed E-state index contributed by atoms with van der Waals surface area (Å²) in [6.45, 7) is 13.8. The van der Waals surface area contributed by atoms with Crippen molar-refractivity contribution >= 4 is 17.3 Å². The standard InChI is InChI=1S/C17H27N3O.C3H5Cl.C2H6/c1-4-6-13-20(19-16(5-2)11-12-18-3)14-15-9-7-8-10-17(15)21;1-2-3-4;1-2/h4,6-10,18,21H,5,11-14H2,1-3H3;2H,1,3H2;1-2H3/b6-4+,19-16+;;. The van der Waals surface area contributed by atoms with Crippen molar-refractivity contribution in [2.24, 2.45) is 5.10 Å². The molecular formula is C22H38ClN3O. The van der Waals surface area contributed by atoms with Crippen molar-refractivity contribution in [3.05, 3.63) is 54.6 Å². The Kier molecular flexibility index (Phi) is 20.9. The number of phenolic OH excluding ortho intramolecular Hbond substituents is 1. The minimum Gasteiger partial charge on any atom is -0.508 e. The molecular weight excluding hydrogens is 358 g/mol. The number of hydrogen-bond donors (Lipinski definition) is 2. The predicted octanol–water partition coefficient (Wildman–Crippen LogP) is 5.58. The van der Waals surface area contributed by atoms with E-state index in [4.69, 9.17) is 16.7 Å². The molecule has 0 radical (unpaired) electrons. The van der Waals surface area contributed by atoms with Crippen LogP contribution in [-0.4, -0.2) is 41.8 Å². The van der Waals surface area contributed by atoms with E-state index < -0.39 is 0 Å². The fourth-order valence-corrected chi connectivity index (χ4v) is 1.98. The number of allylic oxidation sites excluding steroid dienone is 2. The van der Waals surface area contributed by atoms with Gasteiger partial charge >= 0.3 is 0 Å². The lowest BCUT2D eigenvalue weighted by molar-refractivity contribution is 0.303. The Labute approximate surface area is 171 Å². The number of alkyl halides is 1. The first kappa shape index (κ1) is 27.4. The minimum atomic E-state index is 0.325. The molecule has 1 aromatic carbocycles. The Morgan fingerprint density at radius 1 is 1.33 bits per heavy atom. The van der Waals surface area contributed by atoms with Gasteiger partial charge in [0.25, 0.3) is 0 Å². The molecule has 1 aromatic rings. The Morgan fingerprint density at radius 3 is 2.44 bits per heavy atom. The Morgan fingerprint density at radius 2 is 1.96 bits per heavy atom. The van der Waals surface area contributed by atoms with E-state index >= 15 is 0 Å². The molecule has 0 bridgehead atoms.